The minimum atomic E-state index is -0.161. The highest BCUT2D eigenvalue weighted by molar-refractivity contribution is 7.12. The maximum atomic E-state index is 12.8. The van der Waals surface area contributed by atoms with Crippen LogP contribution in [0.25, 0.3) is 11.4 Å². The molecule has 3 aromatic heterocycles. The molecule has 1 saturated heterocycles. The van der Waals surface area contributed by atoms with Crippen LogP contribution in [0.2, 0.25) is 0 Å². The van der Waals surface area contributed by atoms with Crippen molar-refractivity contribution in [3.05, 3.63) is 52.8 Å². The average Bonchev–Trinajstić information content (AvgIpc) is 3.34. The van der Waals surface area contributed by atoms with Crippen molar-refractivity contribution in [3.63, 3.8) is 0 Å². The maximum Gasteiger partial charge on any atom is 0.264 e. The Morgan fingerprint density at radius 2 is 2.25 bits per heavy atom. The van der Waals surface area contributed by atoms with Gasteiger partial charge in [0.1, 0.15) is 6.04 Å². The highest BCUT2D eigenvalue weighted by Crippen LogP contribution is 2.32. The minimum absolute atomic E-state index is 0.0378. The van der Waals surface area contributed by atoms with Gasteiger partial charge in [-0.05, 0) is 42.8 Å². The first kappa shape index (κ1) is 15.0. The highest BCUT2D eigenvalue weighted by atomic mass is 32.1. The van der Waals surface area contributed by atoms with Crippen LogP contribution in [0.3, 0.4) is 0 Å². The number of amides is 1. The van der Waals surface area contributed by atoms with Gasteiger partial charge < -0.3 is 9.42 Å². The lowest BCUT2D eigenvalue weighted by Crippen LogP contribution is -2.38. The molecule has 0 bridgehead atoms. The number of aromatic nitrogens is 3. The second-order valence-corrected chi connectivity index (χ2v) is 6.63. The largest absolute Gasteiger partial charge is 0.337 e. The summed E-state index contributed by atoms with van der Waals surface area (Å²) in [7, 11) is 0. The third-order valence-corrected chi connectivity index (χ3v) is 5.00. The number of carbonyl (C=O) groups is 1. The molecule has 1 amide bonds. The van der Waals surface area contributed by atoms with Gasteiger partial charge in [-0.1, -0.05) is 11.2 Å². The molecule has 1 atom stereocenters. The summed E-state index contributed by atoms with van der Waals surface area (Å²) in [5.41, 5.74) is 0.805. The van der Waals surface area contributed by atoms with E-state index in [-0.39, 0.29) is 11.9 Å². The van der Waals surface area contributed by atoms with Gasteiger partial charge in [0.2, 0.25) is 11.7 Å². The van der Waals surface area contributed by atoms with Crippen LogP contribution in [0, 0.1) is 0 Å². The quantitative estimate of drug-likeness (QED) is 0.729. The molecule has 3 aromatic rings. The van der Waals surface area contributed by atoms with E-state index < -0.39 is 0 Å². The number of likely N-dealkylation sites (tertiary alicyclic amines) is 1. The van der Waals surface area contributed by atoms with E-state index in [1.54, 1.807) is 12.4 Å². The molecule has 4 heterocycles. The highest BCUT2D eigenvalue weighted by Gasteiger charge is 2.33. The van der Waals surface area contributed by atoms with Crippen LogP contribution in [0.4, 0.5) is 0 Å². The molecule has 0 spiro atoms. The van der Waals surface area contributed by atoms with Gasteiger partial charge in [-0.2, -0.15) is 4.98 Å². The van der Waals surface area contributed by atoms with Gasteiger partial charge in [-0.15, -0.1) is 11.3 Å². The van der Waals surface area contributed by atoms with Crippen LogP contribution in [0.1, 0.15) is 40.9 Å². The maximum absolute atomic E-state index is 12.8. The van der Waals surface area contributed by atoms with Crippen molar-refractivity contribution in [2.45, 2.75) is 25.3 Å². The Balaban J connectivity index is 1.62. The lowest BCUT2D eigenvalue weighted by Gasteiger charge is -2.33. The zero-order valence-electron chi connectivity index (χ0n) is 13.0. The Labute approximate surface area is 143 Å². The van der Waals surface area contributed by atoms with E-state index >= 15 is 0 Å². The average molecular weight is 340 g/mol. The molecular weight excluding hydrogens is 324 g/mol. The van der Waals surface area contributed by atoms with Gasteiger partial charge in [0.25, 0.3) is 5.91 Å². The lowest BCUT2D eigenvalue weighted by atomic mass is 10.0. The molecule has 0 radical (unpaired) electrons. The molecule has 0 aliphatic carbocycles. The summed E-state index contributed by atoms with van der Waals surface area (Å²) >= 11 is 1.46. The van der Waals surface area contributed by atoms with Crippen molar-refractivity contribution in [2.24, 2.45) is 0 Å². The number of thiophene rings is 1. The number of hydrogen-bond acceptors (Lipinski definition) is 6. The second-order valence-electron chi connectivity index (χ2n) is 5.69. The summed E-state index contributed by atoms with van der Waals surface area (Å²) in [6.45, 7) is 0.714. The summed E-state index contributed by atoms with van der Waals surface area (Å²) in [5, 5.41) is 5.97. The van der Waals surface area contributed by atoms with Crippen molar-refractivity contribution < 1.29 is 9.32 Å². The van der Waals surface area contributed by atoms with Gasteiger partial charge in [0.15, 0.2) is 0 Å². The van der Waals surface area contributed by atoms with Crippen LogP contribution in [-0.2, 0) is 0 Å². The van der Waals surface area contributed by atoms with Gasteiger partial charge in [0, 0.05) is 24.5 Å². The Hall–Kier alpha value is -2.54. The van der Waals surface area contributed by atoms with E-state index in [4.69, 9.17) is 4.52 Å². The third-order valence-electron chi connectivity index (χ3n) is 4.14. The van der Waals surface area contributed by atoms with Crippen molar-refractivity contribution in [3.8, 4) is 11.4 Å². The molecule has 1 aliphatic heterocycles. The Kier molecular flexibility index (Phi) is 4.08. The fourth-order valence-corrected chi connectivity index (χ4v) is 3.63. The summed E-state index contributed by atoms with van der Waals surface area (Å²) < 4.78 is 5.48. The third kappa shape index (κ3) is 2.82. The zero-order chi connectivity index (χ0) is 16.4. The monoisotopic (exact) mass is 340 g/mol. The van der Waals surface area contributed by atoms with Gasteiger partial charge in [0.05, 0.1) is 4.88 Å². The summed E-state index contributed by atoms with van der Waals surface area (Å²) in [6.07, 6.45) is 6.28. The molecule has 122 valence electrons. The smallest absolute Gasteiger partial charge is 0.264 e. The topological polar surface area (TPSA) is 72.1 Å². The van der Waals surface area contributed by atoms with E-state index in [1.165, 1.54) is 11.3 Å². The SMILES string of the molecule is O=C(c1cccs1)N1CCCC[C@H]1c1nc(-c2cccnc2)no1. The molecule has 0 N–H and O–H groups in total. The number of pyridine rings is 1. The van der Waals surface area contributed by atoms with Crippen molar-refractivity contribution in [1.82, 2.24) is 20.0 Å². The van der Waals surface area contributed by atoms with Crippen LogP contribution in [0.15, 0.2) is 46.6 Å². The summed E-state index contributed by atoms with van der Waals surface area (Å²) in [4.78, 5) is 23.9. The molecule has 0 unspecified atom stereocenters. The van der Waals surface area contributed by atoms with Crippen molar-refractivity contribution in [2.75, 3.05) is 6.54 Å². The first-order valence-electron chi connectivity index (χ1n) is 7.91. The number of rotatable bonds is 3. The van der Waals surface area contributed by atoms with E-state index in [1.807, 2.05) is 34.5 Å². The summed E-state index contributed by atoms with van der Waals surface area (Å²) in [6, 6.07) is 7.30. The number of piperidine rings is 1. The molecule has 7 heteroatoms. The van der Waals surface area contributed by atoms with Crippen LogP contribution < -0.4 is 0 Å². The predicted molar refractivity (Wildman–Crippen MR) is 89.5 cm³/mol. The van der Waals surface area contributed by atoms with E-state index in [9.17, 15) is 4.79 Å². The summed E-state index contributed by atoms with van der Waals surface area (Å²) in [5.74, 6) is 1.04. The number of carbonyl (C=O) groups excluding carboxylic acids is 1. The normalized spacial score (nSPS) is 17.8. The predicted octanol–water partition coefficient (Wildman–Crippen LogP) is 3.56. The molecule has 24 heavy (non-hydrogen) atoms. The van der Waals surface area contributed by atoms with E-state index in [2.05, 4.69) is 15.1 Å². The molecule has 1 aliphatic rings. The molecular formula is C17H16N4O2S. The first-order chi connectivity index (χ1) is 11.8. The van der Waals surface area contributed by atoms with Crippen LogP contribution in [0.5, 0.6) is 0 Å². The van der Waals surface area contributed by atoms with E-state index in [0.29, 0.717) is 18.3 Å². The number of nitrogens with zero attached hydrogens (tertiary/aromatic N) is 4. The van der Waals surface area contributed by atoms with E-state index in [0.717, 1.165) is 29.7 Å². The Morgan fingerprint density at radius 3 is 3.04 bits per heavy atom. The Bertz CT molecular complexity index is 816. The molecule has 1 fully saturated rings. The van der Waals surface area contributed by atoms with Gasteiger partial charge >= 0.3 is 0 Å². The first-order valence-corrected chi connectivity index (χ1v) is 8.79. The standard InChI is InChI=1S/C17H16N4O2S/c22-17(14-7-4-10-24-14)21-9-2-1-6-13(21)16-19-15(20-23-16)12-5-3-8-18-11-12/h3-5,7-8,10-11,13H,1-2,6,9H2/t13-/m0/s1. The molecule has 6 nitrogen and oxygen atoms in total. The zero-order valence-corrected chi connectivity index (χ0v) is 13.8. The van der Waals surface area contributed by atoms with Crippen molar-refractivity contribution in [1.29, 1.82) is 0 Å². The van der Waals surface area contributed by atoms with Crippen LogP contribution in [-0.4, -0.2) is 32.5 Å². The lowest BCUT2D eigenvalue weighted by molar-refractivity contribution is 0.0566. The molecule has 0 saturated carbocycles. The second kappa shape index (κ2) is 6.52. The van der Waals surface area contributed by atoms with Gasteiger partial charge in [-0.3, -0.25) is 9.78 Å². The minimum Gasteiger partial charge on any atom is -0.337 e. The fraction of sp³-hybridized carbons (Fsp3) is 0.294. The number of hydrogen-bond donors (Lipinski definition) is 0. The molecule has 0 aromatic carbocycles. The van der Waals surface area contributed by atoms with Crippen molar-refractivity contribution >= 4 is 17.2 Å². The fourth-order valence-electron chi connectivity index (χ4n) is 2.96. The van der Waals surface area contributed by atoms with Gasteiger partial charge in [-0.25, -0.2) is 0 Å². The van der Waals surface area contributed by atoms with Crippen LogP contribution >= 0.6 is 11.3 Å². The Morgan fingerprint density at radius 1 is 1.29 bits per heavy atom. The molecule has 4 rings (SSSR count).